The molecule has 1 aromatic rings. The van der Waals surface area contributed by atoms with Crippen LogP contribution < -0.4 is 20.1 Å². The van der Waals surface area contributed by atoms with E-state index in [1.807, 2.05) is 0 Å². The lowest BCUT2D eigenvalue weighted by Gasteiger charge is -2.22. The van der Waals surface area contributed by atoms with Gasteiger partial charge in [-0.2, -0.15) is 0 Å². The number of hydrogen-bond donors (Lipinski definition) is 2. The third kappa shape index (κ3) is 2.81. The van der Waals surface area contributed by atoms with Gasteiger partial charge in [0.05, 0.1) is 0 Å². The fourth-order valence-electron chi connectivity index (χ4n) is 2.46. The van der Waals surface area contributed by atoms with Gasteiger partial charge in [-0.05, 0) is 50.0 Å². The summed E-state index contributed by atoms with van der Waals surface area (Å²) in [5.41, 5.74) is 0.623. The second-order valence-electron chi connectivity index (χ2n) is 4.97. The molecule has 102 valence electrons. The van der Waals surface area contributed by atoms with Gasteiger partial charge in [0.2, 0.25) is 6.79 Å². The van der Waals surface area contributed by atoms with Crippen molar-refractivity contribution >= 4 is 5.91 Å². The Morgan fingerprint density at radius 3 is 2.89 bits per heavy atom. The first kappa shape index (κ1) is 12.3. The lowest BCUT2D eigenvalue weighted by Crippen LogP contribution is -2.35. The second kappa shape index (κ2) is 5.48. The molecule has 5 heteroatoms. The SMILES string of the molecule is O=C(NCC1CCNCC1)c1ccc2c(c1)OCO2. The number of fused-ring (bicyclic) bond motifs is 1. The van der Waals surface area contributed by atoms with Crippen molar-refractivity contribution < 1.29 is 14.3 Å². The van der Waals surface area contributed by atoms with Gasteiger partial charge in [-0.1, -0.05) is 0 Å². The highest BCUT2D eigenvalue weighted by molar-refractivity contribution is 5.94. The van der Waals surface area contributed by atoms with Crippen LogP contribution in [0.1, 0.15) is 23.2 Å². The summed E-state index contributed by atoms with van der Waals surface area (Å²) in [6, 6.07) is 5.28. The van der Waals surface area contributed by atoms with E-state index in [0.29, 0.717) is 23.0 Å². The van der Waals surface area contributed by atoms with Crippen molar-refractivity contribution in [1.29, 1.82) is 0 Å². The molecule has 0 saturated carbocycles. The Kier molecular flexibility index (Phi) is 3.55. The minimum atomic E-state index is -0.0446. The van der Waals surface area contributed by atoms with Crippen molar-refractivity contribution in [2.24, 2.45) is 5.92 Å². The number of rotatable bonds is 3. The van der Waals surface area contributed by atoms with Crippen LogP contribution in [0.5, 0.6) is 11.5 Å². The Labute approximate surface area is 112 Å². The Hall–Kier alpha value is -1.75. The molecule has 2 aliphatic rings. The first-order valence-electron chi connectivity index (χ1n) is 6.71. The number of carbonyl (C=O) groups excluding carboxylic acids is 1. The normalized spacial score (nSPS) is 18.3. The van der Waals surface area contributed by atoms with Crippen LogP contribution in [0, 0.1) is 5.92 Å². The Bertz CT molecular complexity index is 470. The van der Waals surface area contributed by atoms with Gasteiger partial charge in [0.25, 0.3) is 5.91 Å². The third-order valence-corrected chi connectivity index (χ3v) is 3.64. The quantitative estimate of drug-likeness (QED) is 0.857. The molecule has 0 atom stereocenters. The molecule has 0 spiro atoms. The van der Waals surface area contributed by atoms with Crippen LogP contribution in [0.3, 0.4) is 0 Å². The molecule has 1 saturated heterocycles. The molecule has 2 aliphatic heterocycles. The minimum Gasteiger partial charge on any atom is -0.454 e. The molecular formula is C14H18N2O3. The Balaban J connectivity index is 1.57. The first-order chi connectivity index (χ1) is 9.33. The number of ether oxygens (including phenoxy) is 2. The average Bonchev–Trinajstić information content (AvgIpc) is 2.93. The highest BCUT2D eigenvalue weighted by Gasteiger charge is 2.18. The molecule has 3 rings (SSSR count). The average molecular weight is 262 g/mol. The Morgan fingerprint density at radius 1 is 1.26 bits per heavy atom. The topological polar surface area (TPSA) is 59.6 Å². The van der Waals surface area contributed by atoms with Gasteiger partial charge in [-0.25, -0.2) is 0 Å². The van der Waals surface area contributed by atoms with Crippen LogP contribution >= 0.6 is 0 Å². The van der Waals surface area contributed by atoms with E-state index in [2.05, 4.69) is 10.6 Å². The lowest BCUT2D eigenvalue weighted by molar-refractivity contribution is 0.0943. The summed E-state index contributed by atoms with van der Waals surface area (Å²) in [6.45, 7) is 3.07. The predicted molar refractivity (Wildman–Crippen MR) is 70.5 cm³/mol. The smallest absolute Gasteiger partial charge is 0.251 e. The van der Waals surface area contributed by atoms with Crippen LogP contribution in [0.4, 0.5) is 0 Å². The van der Waals surface area contributed by atoms with E-state index in [1.165, 1.54) is 0 Å². The molecule has 0 bridgehead atoms. The van der Waals surface area contributed by atoms with Crippen molar-refractivity contribution in [2.45, 2.75) is 12.8 Å². The zero-order valence-corrected chi connectivity index (χ0v) is 10.8. The largest absolute Gasteiger partial charge is 0.454 e. The first-order valence-corrected chi connectivity index (χ1v) is 6.71. The summed E-state index contributed by atoms with van der Waals surface area (Å²) in [5, 5.41) is 6.32. The fraction of sp³-hybridized carbons (Fsp3) is 0.500. The van der Waals surface area contributed by atoms with E-state index in [-0.39, 0.29) is 12.7 Å². The lowest BCUT2D eigenvalue weighted by atomic mass is 9.98. The molecule has 1 fully saturated rings. The van der Waals surface area contributed by atoms with E-state index >= 15 is 0 Å². The second-order valence-corrected chi connectivity index (χ2v) is 4.97. The molecule has 0 radical (unpaired) electrons. The van der Waals surface area contributed by atoms with Crippen LogP contribution in [0.25, 0.3) is 0 Å². The summed E-state index contributed by atoms with van der Waals surface area (Å²) < 4.78 is 10.5. The standard InChI is InChI=1S/C14H18N2O3/c17-14(16-8-10-3-5-15-6-4-10)11-1-2-12-13(7-11)19-9-18-12/h1-2,7,10,15H,3-6,8-9H2,(H,16,17). The Morgan fingerprint density at radius 2 is 2.05 bits per heavy atom. The molecule has 2 heterocycles. The summed E-state index contributed by atoms with van der Waals surface area (Å²) in [6.07, 6.45) is 2.25. The van der Waals surface area contributed by atoms with Gasteiger partial charge in [0.15, 0.2) is 11.5 Å². The van der Waals surface area contributed by atoms with Gasteiger partial charge in [0, 0.05) is 12.1 Å². The summed E-state index contributed by atoms with van der Waals surface area (Å²) in [4.78, 5) is 12.1. The fourth-order valence-corrected chi connectivity index (χ4v) is 2.46. The number of nitrogens with one attached hydrogen (secondary N) is 2. The summed E-state index contributed by atoms with van der Waals surface area (Å²) in [5.74, 6) is 1.89. The van der Waals surface area contributed by atoms with E-state index < -0.39 is 0 Å². The molecule has 5 nitrogen and oxygen atoms in total. The number of hydrogen-bond acceptors (Lipinski definition) is 4. The van der Waals surface area contributed by atoms with Crippen molar-refractivity contribution in [1.82, 2.24) is 10.6 Å². The third-order valence-electron chi connectivity index (χ3n) is 3.64. The van der Waals surface area contributed by atoms with Gasteiger partial charge >= 0.3 is 0 Å². The summed E-state index contributed by atoms with van der Waals surface area (Å²) >= 11 is 0. The zero-order chi connectivity index (χ0) is 13.1. The van der Waals surface area contributed by atoms with E-state index in [0.717, 1.165) is 32.5 Å². The van der Waals surface area contributed by atoms with Gasteiger partial charge in [-0.3, -0.25) is 4.79 Å². The summed E-state index contributed by atoms with van der Waals surface area (Å²) in [7, 11) is 0. The number of piperidine rings is 1. The van der Waals surface area contributed by atoms with E-state index in [1.54, 1.807) is 18.2 Å². The zero-order valence-electron chi connectivity index (χ0n) is 10.8. The van der Waals surface area contributed by atoms with Crippen molar-refractivity contribution in [3.63, 3.8) is 0 Å². The number of carbonyl (C=O) groups is 1. The van der Waals surface area contributed by atoms with Gasteiger partial charge < -0.3 is 20.1 Å². The maximum absolute atomic E-state index is 12.1. The van der Waals surface area contributed by atoms with Crippen LogP contribution in [-0.2, 0) is 0 Å². The van der Waals surface area contributed by atoms with Crippen molar-refractivity contribution in [3.8, 4) is 11.5 Å². The van der Waals surface area contributed by atoms with E-state index in [9.17, 15) is 4.79 Å². The molecule has 0 aliphatic carbocycles. The maximum atomic E-state index is 12.1. The number of benzene rings is 1. The highest BCUT2D eigenvalue weighted by atomic mass is 16.7. The maximum Gasteiger partial charge on any atom is 0.251 e. The van der Waals surface area contributed by atoms with Crippen LogP contribution in [-0.4, -0.2) is 32.3 Å². The van der Waals surface area contributed by atoms with Crippen molar-refractivity contribution in [3.05, 3.63) is 23.8 Å². The molecule has 2 N–H and O–H groups in total. The van der Waals surface area contributed by atoms with Crippen molar-refractivity contribution in [2.75, 3.05) is 26.4 Å². The molecule has 0 unspecified atom stereocenters. The molecule has 0 aromatic heterocycles. The molecule has 19 heavy (non-hydrogen) atoms. The van der Waals surface area contributed by atoms with Crippen LogP contribution in [0.15, 0.2) is 18.2 Å². The van der Waals surface area contributed by atoms with Gasteiger partial charge in [-0.15, -0.1) is 0 Å². The molecule has 1 aromatic carbocycles. The molecule has 1 amide bonds. The van der Waals surface area contributed by atoms with Gasteiger partial charge in [0.1, 0.15) is 0 Å². The van der Waals surface area contributed by atoms with Crippen LogP contribution in [0.2, 0.25) is 0 Å². The highest BCUT2D eigenvalue weighted by Crippen LogP contribution is 2.32. The minimum absolute atomic E-state index is 0.0446. The predicted octanol–water partition coefficient (Wildman–Crippen LogP) is 1.14. The number of amides is 1. The monoisotopic (exact) mass is 262 g/mol. The molecular weight excluding hydrogens is 244 g/mol. The van der Waals surface area contributed by atoms with E-state index in [4.69, 9.17) is 9.47 Å².